The number of nitrogens with one attached hydrogen (secondary N) is 3. The second-order valence-electron chi connectivity index (χ2n) is 5.37. The lowest BCUT2D eigenvalue weighted by atomic mass is 10.1. The Kier molecular flexibility index (Phi) is 7.92. The molecule has 2 aromatic carbocycles. The van der Waals surface area contributed by atoms with Gasteiger partial charge in [0.1, 0.15) is 5.75 Å². The Morgan fingerprint density at radius 1 is 1.04 bits per heavy atom. The topological polar surface area (TPSA) is 106 Å². The van der Waals surface area contributed by atoms with Crippen LogP contribution in [0.1, 0.15) is 6.92 Å². The number of benzene rings is 2. The van der Waals surface area contributed by atoms with Gasteiger partial charge >= 0.3 is 5.97 Å². The zero-order valence-corrected chi connectivity index (χ0v) is 15.9. The van der Waals surface area contributed by atoms with Gasteiger partial charge in [-0.3, -0.25) is 25.8 Å². The molecule has 8 nitrogen and oxygen atoms in total. The molecule has 2 amide bonds. The number of hydrogen-bond donors (Lipinski definition) is 3. The van der Waals surface area contributed by atoms with Crippen molar-refractivity contribution in [2.45, 2.75) is 6.92 Å². The number of thiocarbonyl (C=S) groups is 1. The van der Waals surface area contributed by atoms with Crippen molar-refractivity contribution in [1.82, 2.24) is 16.2 Å². The smallest absolute Gasteiger partial charge is 0.330 e. The Bertz CT molecular complexity index is 913. The second kappa shape index (κ2) is 10.6. The molecule has 0 unspecified atom stereocenters. The average Bonchev–Trinajstić information content (AvgIpc) is 2.69. The Morgan fingerprint density at radius 2 is 1.79 bits per heavy atom. The maximum Gasteiger partial charge on any atom is 0.330 e. The van der Waals surface area contributed by atoms with E-state index in [-0.39, 0.29) is 18.3 Å². The summed E-state index contributed by atoms with van der Waals surface area (Å²) in [6, 6.07) is 13.3. The molecule has 0 atom stereocenters. The highest BCUT2D eigenvalue weighted by Crippen LogP contribution is 2.20. The Labute approximate surface area is 166 Å². The van der Waals surface area contributed by atoms with E-state index in [0.717, 1.165) is 22.9 Å². The van der Waals surface area contributed by atoms with E-state index in [1.165, 1.54) is 0 Å². The lowest BCUT2D eigenvalue weighted by molar-refractivity contribution is -0.137. The summed E-state index contributed by atoms with van der Waals surface area (Å²) in [5, 5.41) is 4.18. The number of esters is 1. The molecule has 0 aromatic heterocycles. The first-order chi connectivity index (χ1) is 13.5. The van der Waals surface area contributed by atoms with Gasteiger partial charge in [0.15, 0.2) is 11.7 Å². The minimum absolute atomic E-state index is 0.141. The molecule has 0 heterocycles. The largest absolute Gasteiger partial charge is 0.484 e. The summed E-state index contributed by atoms with van der Waals surface area (Å²) in [4.78, 5) is 34.5. The lowest BCUT2D eigenvalue weighted by Gasteiger charge is -2.11. The van der Waals surface area contributed by atoms with Gasteiger partial charge in [0.25, 0.3) is 5.91 Å². The highest BCUT2D eigenvalue weighted by molar-refractivity contribution is 7.80. The number of ether oxygens (including phenoxy) is 2. The molecule has 0 saturated carbocycles. The fourth-order valence-corrected chi connectivity index (χ4v) is 2.24. The van der Waals surface area contributed by atoms with E-state index in [2.05, 4.69) is 20.9 Å². The van der Waals surface area contributed by atoms with E-state index in [1.54, 1.807) is 13.0 Å². The molecular weight excluding hydrogens is 382 g/mol. The van der Waals surface area contributed by atoms with Crippen molar-refractivity contribution in [3.63, 3.8) is 0 Å². The molecule has 0 aliphatic rings. The molecule has 0 radical (unpaired) electrons. The summed E-state index contributed by atoms with van der Waals surface area (Å²) in [6.45, 7) is 1.61. The summed E-state index contributed by atoms with van der Waals surface area (Å²) >= 11 is 4.86. The minimum atomic E-state index is -0.646. The van der Waals surface area contributed by atoms with Gasteiger partial charge < -0.3 is 9.47 Å². The molecular formula is C19H19N3O5S. The van der Waals surface area contributed by atoms with Gasteiger partial charge in [-0.05, 0) is 42.0 Å². The van der Waals surface area contributed by atoms with Gasteiger partial charge in [-0.1, -0.05) is 30.3 Å². The van der Waals surface area contributed by atoms with Gasteiger partial charge in [-0.25, -0.2) is 4.79 Å². The van der Waals surface area contributed by atoms with E-state index in [1.807, 2.05) is 36.4 Å². The van der Waals surface area contributed by atoms with Crippen LogP contribution >= 0.6 is 12.2 Å². The number of fused-ring (bicyclic) bond motifs is 1. The Morgan fingerprint density at radius 3 is 2.54 bits per heavy atom. The number of carbonyl (C=O) groups excluding carboxylic acids is 3. The van der Waals surface area contributed by atoms with Gasteiger partial charge in [0.2, 0.25) is 5.91 Å². The van der Waals surface area contributed by atoms with Crippen molar-refractivity contribution in [1.29, 1.82) is 0 Å². The summed E-state index contributed by atoms with van der Waals surface area (Å²) < 4.78 is 10.1. The highest BCUT2D eigenvalue weighted by atomic mass is 32.1. The van der Waals surface area contributed by atoms with Crippen molar-refractivity contribution < 1.29 is 23.9 Å². The van der Waals surface area contributed by atoms with Crippen LogP contribution in [-0.4, -0.2) is 36.1 Å². The first-order valence-corrected chi connectivity index (χ1v) is 8.75. The van der Waals surface area contributed by atoms with E-state index in [0.29, 0.717) is 5.75 Å². The van der Waals surface area contributed by atoms with Crippen molar-refractivity contribution in [3.8, 4) is 5.75 Å². The zero-order chi connectivity index (χ0) is 20.4. The van der Waals surface area contributed by atoms with Crippen molar-refractivity contribution in [2.75, 3.05) is 13.2 Å². The molecule has 0 bridgehead atoms. The molecule has 2 aromatic rings. The predicted molar refractivity (Wildman–Crippen MR) is 107 cm³/mol. The molecule has 28 heavy (non-hydrogen) atoms. The standard InChI is InChI=1S/C19H19N3O5S/c1-2-26-18(25)10-9-16(23)20-19(28)22-21-17(24)12-27-15-8-7-13-5-3-4-6-14(13)11-15/h3-11H,2,12H2,1H3,(H,21,24)(H2,20,22,23,28). The molecule has 0 spiro atoms. The number of amides is 2. The van der Waals surface area contributed by atoms with Crippen molar-refractivity contribution in [2.24, 2.45) is 0 Å². The lowest BCUT2D eigenvalue weighted by Crippen LogP contribution is -2.49. The SMILES string of the molecule is CCOC(=O)C=CC(=O)NC(=S)NNC(=O)COc1ccc2ccccc2c1. The molecule has 0 fully saturated rings. The van der Waals surface area contributed by atoms with Crippen LogP contribution in [-0.2, 0) is 19.1 Å². The Balaban J connectivity index is 1.71. The van der Waals surface area contributed by atoms with E-state index in [9.17, 15) is 14.4 Å². The first kappa shape index (κ1) is 20.8. The molecule has 146 valence electrons. The summed E-state index contributed by atoms with van der Waals surface area (Å²) in [5.41, 5.74) is 4.66. The van der Waals surface area contributed by atoms with Crippen LogP contribution < -0.4 is 20.9 Å². The zero-order valence-electron chi connectivity index (χ0n) is 15.1. The van der Waals surface area contributed by atoms with Crippen LogP contribution in [0.15, 0.2) is 54.6 Å². The molecule has 9 heteroatoms. The second-order valence-corrected chi connectivity index (χ2v) is 5.78. The van der Waals surface area contributed by atoms with Crippen LogP contribution in [0.25, 0.3) is 10.8 Å². The third kappa shape index (κ3) is 7.04. The molecule has 2 rings (SSSR count). The molecule has 0 aliphatic carbocycles. The molecule has 0 saturated heterocycles. The van der Waals surface area contributed by atoms with Gasteiger partial charge in [0, 0.05) is 12.2 Å². The fourth-order valence-electron chi connectivity index (χ4n) is 2.09. The van der Waals surface area contributed by atoms with Crippen molar-refractivity contribution >= 4 is 45.9 Å². The summed E-state index contributed by atoms with van der Waals surface area (Å²) in [6.07, 6.45) is 1.94. The van der Waals surface area contributed by atoms with Crippen LogP contribution in [0.5, 0.6) is 5.75 Å². The van der Waals surface area contributed by atoms with Crippen molar-refractivity contribution in [3.05, 3.63) is 54.6 Å². The summed E-state index contributed by atoms with van der Waals surface area (Å²) in [7, 11) is 0. The maximum absolute atomic E-state index is 11.8. The van der Waals surface area contributed by atoms with Gasteiger partial charge in [-0.15, -0.1) is 0 Å². The van der Waals surface area contributed by atoms with E-state index < -0.39 is 17.8 Å². The van der Waals surface area contributed by atoms with Gasteiger partial charge in [-0.2, -0.15) is 0 Å². The Hall–Kier alpha value is -3.46. The van der Waals surface area contributed by atoms with Crippen LogP contribution in [0.2, 0.25) is 0 Å². The molecule has 3 N–H and O–H groups in total. The quantitative estimate of drug-likeness (QED) is 0.290. The number of rotatable bonds is 6. The molecule has 0 aliphatic heterocycles. The van der Waals surface area contributed by atoms with Crippen LogP contribution in [0, 0.1) is 0 Å². The van der Waals surface area contributed by atoms with Gasteiger partial charge in [0.05, 0.1) is 6.61 Å². The third-order valence-electron chi connectivity index (χ3n) is 3.30. The minimum Gasteiger partial charge on any atom is -0.484 e. The number of hydrogen-bond acceptors (Lipinski definition) is 6. The first-order valence-electron chi connectivity index (χ1n) is 8.34. The number of carbonyl (C=O) groups is 3. The summed E-state index contributed by atoms with van der Waals surface area (Å²) in [5.74, 6) is -1.23. The predicted octanol–water partition coefficient (Wildman–Crippen LogP) is 1.36. The van der Waals surface area contributed by atoms with E-state index >= 15 is 0 Å². The maximum atomic E-state index is 11.8. The average molecular weight is 401 g/mol. The van der Waals surface area contributed by atoms with Crippen LogP contribution in [0.4, 0.5) is 0 Å². The fraction of sp³-hybridized carbons (Fsp3) is 0.158. The van der Waals surface area contributed by atoms with Crippen LogP contribution in [0.3, 0.4) is 0 Å². The van der Waals surface area contributed by atoms with E-state index in [4.69, 9.17) is 17.0 Å². The third-order valence-corrected chi connectivity index (χ3v) is 3.50. The normalized spacial score (nSPS) is 10.3. The monoisotopic (exact) mass is 401 g/mol. The highest BCUT2D eigenvalue weighted by Gasteiger charge is 2.06. The number of hydrazine groups is 1.